The highest BCUT2D eigenvalue weighted by Gasteiger charge is 2.37. The molecular formula is C128H76N12. The van der Waals surface area contributed by atoms with Crippen molar-refractivity contribution in [2.75, 3.05) is 0 Å². The van der Waals surface area contributed by atoms with Gasteiger partial charge in [0.05, 0.1) is 91.0 Å². The molecule has 0 saturated heterocycles. The van der Waals surface area contributed by atoms with E-state index in [9.17, 15) is 0 Å². The van der Waals surface area contributed by atoms with Gasteiger partial charge in [-0.1, -0.05) is 224 Å². The second kappa shape index (κ2) is 27.9. The molecule has 12 nitrogen and oxygen atoms in total. The van der Waals surface area contributed by atoms with Crippen LogP contribution >= 0.6 is 0 Å². The van der Waals surface area contributed by atoms with Crippen molar-refractivity contribution in [2.45, 2.75) is 51.4 Å². The molecule has 0 fully saturated rings. The van der Waals surface area contributed by atoms with Gasteiger partial charge in [-0.05, 0) is 320 Å². The molecule has 36 rings (SSSR count). The summed E-state index contributed by atoms with van der Waals surface area (Å²) >= 11 is 0. The van der Waals surface area contributed by atoms with E-state index in [1.165, 1.54) is 243 Å². The van der Waals surface area contributed by atoms with Crippen LogP contribution in [0.4, 0.5) is 0 Å². The van der Waals surface area contributed by atoms with Gasteiger partial charge in [-0.25, -0.2) is 19.9 Å². The molecule has 0 unspecified atom stereocenters. The van der Waals surface area contributed by atoms with Crippen LogP contribution < -0.4 is 0 Å². The summed E-state index contributed by atoms with van der Waals surface area (Å²) in [6, 6.07) is 115. The van der Waals surface area contributed by atoms with E-state index in [1.807, 2.05) is 49.6 Å². The number of benzene rings is 16. The standard InChI is InChI=1S/4C32H19N3/c1-2-6-21-18(5-1)15-19-9-11-22-25(29(19)21)16-20-10-12-24-31(30(20)22)23-13-14-33-17-28(23)35-27-8-4-3-7-26(27)34-32(24)35;1-2-6-22-18(5-1)13-20-16-26-21(15-25(20)22)14-19-9-10-24-31(30(19)26)23-11-12-33-17-29(23)35-28-8-4-3-7-27(28)34-32(24)35;1-2-6-22-18(5-1)13-20-15-21-14-19-9-10-24-31(30(19)26(21)16-25(20)22)23-11-12-33-17-29(23)35-28-8-4-3-7-27(28)34-32(24)35;1-2-6-20-18(5-1)15-25-21(20)11-12-22-26(25)16-19-9-10-24-31(30(19)22)23-13-14-33-17-29(23)35-28-8-4-3-7-27(28)34-32(24)35/h1-14,17H,15-16H2;2*1-12,15-17H,13-14H2;1-14,17H,15-16H2. The molecule has 0 amide bonds. The molecule has 0 bridgehead atoms. The molecule has 0 atom stereocenters. The normalized spacial score (nSPS) is 13.5. The van der Waals surface area contributed by atoms with Crippen LogP contribution in [0.25, 0.3) is 242 Å². The van der Waals surface area contributed by atoms with E-state index >= 15 is 0 Å². The van der Waals surface area contributed by atoms with E-state index < -0.39 is 0 Å². The zero-order valence-corrected chi connectivity index (χ0v) is 75.7. The molecule has 12 heteroatoms. The first-order chi connectivity index (χ1) is 69.4. The average molecular weight is 1780 g/mol. The Labute approximate surface area is 799 Å². The molecule has 140 heavy (non-hydrogen) atoms. The van der Waals surface area contributed by atoms with Gasteiger partial charge in [0.25, 0.3) is 0 Å². The van der Waals surface area contributed by atoms with Crippen LogP contribution in [0.1, 0.15) is 89.0 Å². The topological polar surface area (TPSA) is 121 Å². The summed E-state index contributed by atoms with van der Waals surface area (Å²) in [6.45, 7) is 0. The van der Waals surface area contributed by atoms with Crippen LogP contribution in [0.3, 0.4) is 0 Å². The Morgan fingerprint density at radius 1 is 0.164 bits per heavy atom. The van der Waals surface area contributed by atoms with Gasteiger partial charge in [-0.2, -0.15) is 0 Å². The monoisotopic (exact) mass is 1780 g/mol. The molecule has 28 aromatic rings. The van der Waals surface area contributed by atoms with Crippen LogP contribution in [0.5, 0.6) is 0 Å². The van der Waals surface area contributed by atoms with Crippen LogP contribution in [0.2, 0.25) is 0 Å². The van der Waals surface area contributed by atoms with Crippen molar-refractivity contribution in [1.29, 1.82) is 0 Å². The number of hydrogen-bond acceptors (Lipinski definition) is 8. The Hall–Kier alpha value is -18.0. The molecule has 648 valence electrons. The summed E-state index contributed by atoms with van der Waals surface area (Å²) in [5.41, 5.74) is 62.4. The fourth-order valence-electron chi connectivity index (χ4n) is 26.6. The molecule has 0 saturated carbocycles. The molecule has 12 aromatic heterocycles. The van der Waals surface area contributed by atoms with E-state index in [2.05, 4.69) is 353 Å². The second-order valence-corrected chi connectivity index (χ2v) is 39.3. The SMILES string of the molecule is c1ccc2c(c1)Cc1c-2ccc2c1Cc1ccc3c(c1-2)c1ccncc1n1c2ccccc2nc31.c1ccc2c(c1)Cc1cc3c(cc1-2)-c1c(ccc2c1c1ccncc1n1c4ccccc4nc21)C3.c1ccc2c(c1)Cc1cc3c(cc1-2)Cc1ccc2c(c1-3)c1ccncc1n1c3ccccc3nc21.c1ccc2c(c1)Cc1ccc3c(c1-2)Cc1ccc2c(c1-3)c1ccncc1n1c3ccccc3nc21. The summed E-state index contributed by atoms with van der Waals surface area (Å²) < 4.78 is 9.12. The van der Waals surface area contributed by atoms with Gasteiger partial charge in [0.2, 0.25) is 0 Å². The quantitative estimate of drug-likeness (QED) is 0.138. The summed E-state index contributed by atoms with van der Waals surface area (Å²) in [7, 11) is 0. The number of imidazole rings is 4. The van der Waals surface area contributed by atoms with Crippen molar-refractivity contribution in [3.05, 3.63) is 454 Å². The first kappa shape index (κ1) is 75.3. The number of fused-ring (bicyclic) bond motifs is 62. The maximum Gasteiger partial charge on any atom is 0.146 e. The Kier molecular flexibility index (Phi) is 15.0. The lowest BCUT2D eigenvalue weighted by atomic mass is 9.93. The highest BCUT2D eigenvalue weighted by atomic mass is 15.1. The Bertz CT molecular complexity index is 10300. The first-order valence-electron chi connectivity index (χ1n) is 48.7. The summed E-state index contributed by atoms with van der Waals surface area (Å²) in [5.74, 6) is 0. The van der Waals surface area contributed by atoms with E-state index in [-0.39, 0.29) is 0 Å². The van der Waals surface area contributed by atoms with E-state index in [0.717, 1.165) is 140 Å². The molecule has 0 spiro atoms. The maximum atomic E-state index is 5.10. The molecule has 12 heterocycles. The highest BCUT2D eigenvalue weighted by molar-refractivity contribution is 6.26. The van der Waals surface area contributed by atoms with Gasteiger partial charge in [0.1, 0.15) is 22.6 Å². The van der Waals surface area contributed by atoms with E-state index in [0.29, 0.717) is 0 Å². The lowest BCUT2D eigenvalue weighted by Crippen LogP contribution is -1.94. The number of rotatable bonds is 0. The summed E-state index contributed by atoms with van der Waals surface area (Å²) in [6.07, 6.45) is 23.7. The van der Waals surface area contributed by atoms with E-state index in [4.69, 9.17) is 19.9 Å². The number of pyridine rings is 8. The molecular weight excluding hydrogens is 1710 g/mol. The van der Waals surface area contributed by atoms with Crippen molar-refractivity contribution >= 4 is 153 Å². The lowest BCUT2D eigenvalue weighted by molar-refractivity contribution is 1.16. The molecule has 8 aliphatic rings. The highest BCUT2D eigenvalue weighted by Crippen LogP contribution is 2.57. The zero-order valence-electron chi connectivity index (χ0n) is 75.7. The molecule has 8 aliphatic carbocycles. The van der Waals surface area contributed by atoms with Crippen molar-refractivity contribution in [2.24, 2.45) is 0 Å². The van der Waals surface area contributed by atoms with Crippen LogP contribution in [-0.4, -0.2) is 57.5 Å². The Morgan fingerprint density at radius 3 is 0.900 bits per heavy atom. The zero-order chi connectivity index (χ0) is 90.7. The third-order valence-corrected chi connectivity index (χ3v) is 32.4. The number of nitrogens with zero attached hydrogens (tertiary/aromatic N) is 12. The summed E-state index contributed by atoms with van der Waals surface area (Å²) in [5, 5.41) is 14.9. The third kappa shape index (κ3) is 10.2. The second-order valence-electron chi connectivity index (χ2n) is 39.3. The largest absolute Gasteiger partial charge is 0.290 e. The maximum absolute atomic E-state index is 5.10. The molecule has 0 N–H and O–H groups in total. The number of hydrogen-bond donors (Lipinski definition) is 0. The fourth-order valence-corrected chi connectivity index (χ4v) is 26.6. The van der Waals surface area contributed by atoms with Gasteiger partial charge in [0, 0.05) is 89.4 Å². The van der Waals surface area contributed by atoms with Gasteiger partial charge in [-0.3, -0.25) is 37.5 Å². The predicted molar refractivity (Wildman–Crippen MR) is 568 cm³/mol. The van der Waals surface area contributed by atoms with Crippen molar-refractivity contribution in [3.8, 4) is 89.0 Å². The third-order valence-electron chi connectivity index (χ3n) is 32.4. The van der Waals surface area contributed by atoms with E-state index in [1.54, 1.807) is 0 Å². The average Bonchev–Trinajstić information content (AvgIpc) is 1.51. The number of aromatic nitrogens is 12. The predicted octanol–water partition coefficient (Wildman–Crippen LogP) is 29.3. The van der Waals surface area contributed by atoms with Crippen LogP contribution in [0, 0.1) is 0 Å². The molecule has 16 aromatic carbocycles. The van der Waals surface area contributed by atoms with Crippen LogP contribution in [0.15, 0.2) is 365 Å². The minimum absolute atomic E-state index is 0.976. The van der Waals surface area contributed by atoms with Crippen molar-refractivity contribution < 1.29 is 0 Å². The minimum atomic E-state index is 0.976. The van der Waals surface area contributed by atoms with Crippen molar-refractivity contribution in [1.82, 2.24) is 57.5 Å². The van der Waals surface area contributed by atoms with Gasteiger partial charge in [-0.15, -0.1) is 0 Å². The lowest BCUT2D eigenvalue weighted by Gasteiger charge is -2.13. The van der Waals surface area contributed by atoms with Gasteiger partial charge in [0.15, 0.2) is 0 Å². The Morgan fingerprint density at radius 2 is 0.443 bits per heavy atom. The number of para-hydroxylation sites is 8. The molecule has 0 aliphatic heterocycles. The smallest absolute Gasteiger partial charge is 0.146 e. The summed E-state index contributed by atoms with van der Waals surface area (Å²) in [4.78, 5) is 38.5. The van der Waals surface area contributed by atoms with Gasteiger partial charge < -0.3 is 0 Å². The Balaban J connectivity index is 0.0000000829. The van der Waals surface area contributed by atoms with Crippen LogP contribution in [-0.2, 0) is 51.4 Å². The van der Waals surface area contributed by atoms with Gasteiger partial charge >= 0.3 is 0 Å². The first-order valence-corrected chi connectivity index (χ1v) is 48.7. The minimum Gasteiger partial charge on any atom is -0.290 e. The molecule has 0 radical (unpaired) electrons. The van der Waals surface area contributed by atoms with Crippen molar-refractivity contribution in [3.63, 3.8) is 0 Å². The fraction of sp³-hybridized carbons (Fsp3) is 0.0625.